The van der Waals surface area contributed by atoms with Crippen LogP contribution in [0.25, 0.3) is 11.0 Å². The molecule has 3 heterocycles. The van der Waals surface area contributed by atoms with Gasteiger partial charge < -0.3 is 15.2 Å². The molecule has 0 saturated carbocycles. The molecule has 94 valence electrons. The molecule has 1 aliphatic rings. The van der Waals surface area contributed by atoms with Crippen molar-refractivity contribution in [1.82, 2.24) is 15.3 Å². The molecule has 2 aromatic rings. The summed E-state index contributed by atoms with van der Waals surface area (Å²) in [5.74, 6) is 0. The molecule has 1 fully saturated rings. The molecule has 17 heavy (non-hydrogen) atoms. The van der Waals surface area contributed by atoms with Crippen LogP contribution in [0, 0.1) is 0 Å². The molecule has 1 saturated heterocycles. The van der Waals surface area contributed by atoms with Crippen molar-refractivity contribution in [2.75, 3.05) is 31.1 Å². The van der Waals surface area contributed by atoms with Crippen LogP contribution in [0.4, 0.5) is 5.69 Å². The van der Waals surface area contributed by atoms with Crippen LogP contribution in [-0.4, -0.2) is 36.1 Å². The van der Waals surface area contributed by atoms with Crippen molar-refractivity contribution in [3.05, 3.63) is 24.5 Å². The molecular weight excluding hydrogens is 259 g/mol. The van der Waals surface area contributed by atoms with Gasteiger partial charge in [0.2, 0.25) is 0 Å². The second-order valence-electron chi connectivity index (χ2n) is 3.81. The summed E-state index contributed by atoms with van der Waals surface area (Å²) in [5, 5.41) is 4.58. The Balaban J connectivity index is 0.000000722. The summed E-state index contributed by atoms with van der Waals surface area (Å²) in [5.41, 5.74) is 2.27. The molecule has 3 rings (SSSR count). The number of hydrogen-bond acceptors (Lipinski definition) is 3. The Labute approximate surface area is 113 Å². The first-order valence-corrected chi connectivity index (χ1v) is 5.33. The van der Waals surface area contributed by atoms with Crippen LogP contribution in [0.15, 0.2) is 24.5 Å². The van der Waals surface area contributed by atoms with Crippen LogP contribution in [0.1, 0.15) is 0 Å². The van der Waals surface area contributed by atoms with Crippen LogP contribution in [0.2, 0.25) is 0 Å². The minimum absolute atomic E-state index is 0. The van der Waals surface area contributed by atoms with Gasteiger partial charge in [0.15, 0.2) is 0 Å². The average molecular weight is 275 g/mol. The van der Waals surface area contributed by atoms with Gasteiger partial charge in [-0.3, -0.25) is 0 Å². The Bertz CT molecular complexity index is 465. The number of pyridine rings is 1. The molecule has 1 aliphatic heterocycles. The van der Waals surface area contributed by atoms with E-state index >= 15 is 0 Å². The number of anilines is 1. The molecule has 0 aliphatic carbocycles. The lowest BCUT2D eigenvalue weighted by Crippen LogP contribution is -2.43. The molecule has 0 amide bonds. The Morgan fingerprint density at radius 2 is 1.88 bits per heavy atom. The van der Waals surface area contributed by atoms with Crippen molar-refractivity contribution >= 4 is 41.5 Å². The van der Waals surface area contributed by atoms with E-state index in [4.69, 9.17) is 0 Å². The van der Waals surface area contributed by atoms with E-state index in [1.807, 2.05) is 12.4 Å². The van der Waals surface area contributed by atoms with Gasteiger partial charge in [-0.2, -0.15) is 0 Å². The van der Waals surface area contributed by atoms with Gasteiger partial charge in [0.1, 0.15) is 5.65 Å². The topological polar surface area (TPSA) is 44.0 Å². The van der Waals surface area contributed by atoms with Crippen LogP contribution >= 0.6 is 24.8 Å². The lowest BCUT2D eigenvalue weighted by molar-refractivity contribution is 0.590. The van der Waals surface area contributed by atoms with Crippen molar-refractivity contribution in [2.24, 2.45) is 0 Å². The predicted octanol–water partition coefficient (Wildman–Crippen LogP) is 1.82. The zero-order chi connectivity index (χ0) is 10.1. The van der Waals surface area contributed by atoms with Crippen LogP contribution < -0.4 is 10.2 Å². The van der Waals surface area contributed by atoms with Crippen LogP contribution in [0.3, 0.4) is 0 Å². The summed E-state index contributed by atoms with van der Waals surface area (Å²) < 4.78 is 0. The number of fused-ring (bicyclic) bond motifs is 1. The lowest BCUT2D eigenvalue weighted by atomic mass is 10.2. The van der Waals surface area contributed by atoms with Crippen molar-refractivity contribution in [3.8, 4) is 0 Å². The van der Waals surface area contributed by atoms with E-state index in [9.17, 15) is 0 Å². The van der Waals surface area contributed by atoms with E-state index in [0.29, 0.717) is 0 Å². The Morgan fingerprint density at radius 3 is 2.65 bits per heavy atom. The molecule has 0 unspecified atom stereocenters. The fourth-order valence-corrected chi connectivity index (χ4v) is 2.13. The first-order chi connectivity index (χ1) is 7.45. The number of halogens is 2. The Morgan fingerprint density at radius 1 is 1.12 bits per heavy atom. The highest BCUT2D eigenvalue weighted by Gasteiger charge is 2.13. The third-order valence-electron chi connectivity index (χ3n) is 2.89. The lowest BCUT2D eigenvalue weighted by Gasteiger charge is -2.29. The highest BCUT2D eigenvalue weighted by atomic mass is 35.5. The molecule has 0 bridgehead atoms. The zero-order valence-corrected chi connectivity index (χ0v) is 11.0. The van der Waals surface area contributed by atoms with Gasteiger partial charge in [0.25, 0.3) is 0 Å². The van der Waals surface area contributed by atoms with Gasteiger partial charge in [-0.25, -0.2) is 4.98 Å². The monoisotopic (exact) mass is 274 g/mol. The van der Waals surface area contributed by atoms with Gasteiger partial charge >= 0.3 is 0 Å². The van der Waals surface area contributed by atoms with Gasteiger partial charge in [-0.15, -0.1) is 24.8 Å². The number of aromatic nitrogens is 2. The molecular formula is C11H16Cl2N4. The van der Waals surface area contributed by atoms with E-state index < -0.39 is 0 Å². The summed E-state index contributed by atoms with van der Waals surface area (Å²) in [4.78, 5) is 9.86. The highest BCUT2D eigenvalue weighted by Crippen LogP contribution is 2.24. The van der Waals surface area contributed by atoms with Crippen molar-refractivity contribution in [2.45, 2.75) is 0 Å². The maximum Gasteiger partial charge on any atom is 0.139 e. The fraction of sp³-hybridized carbons (Fsp3) is 0.364. The number of nitrogens with one attached hydrogen (secondary N) is 2. The molecule has 0 atom stereocenters. The van der Waals surface area contributed by atoms with E-state index in [1.165, 1.54) is 11.1 Å². The normalized spacial score (nSPS) is 15.2. The maximum absolute atomic E-state index is 4.30. The fourth-order valence-electron chi connectivity index (χ4n) is 2.13. The average Bonchev–Trinajstić information content (AvgIpc) is 2.78. The Hall–Kier alpha value is -0.970. The van der Waals surface area contributed by atoms with E-state index in [-0.39, 0.29) is 24.8 Å². The second kappa shape index (κ2) is 6.10. The van der Waals surface area contributed by atoms with Crippen molar-refractivity contribution in [3.63, 3.8) is 0 Å². The molecule has 6 heteroatoms. The van der Waals surface area contributed by atoms with E-state index in [2.05, 4.69) is 32.3 Å². The third-order valence-corrected chi connectivity index (χ3v) is 2.89. The molecule has 0 aromatic carbocycles. The number of piperazine rings is 1. The van der Waals surface area contributed by atoms with Crippen molar-refractivity contribution < 1.29 is 0 Å². The molecule has 2 N–H and O–H groups in total. The summed E-state index contributed by atoms with van der Waals surface area (Å²) in [6.45, 7) is 4.27. The summed E-state index contributed by atoms with van der Waals surface area (Å²) in [6.07, 6.45) is 3.82. The first kappa shape index (κ1) is 14.1. The number of rotatable bonds is 1. The standard InChI is InChI=1S/C11H14N4.2ClH/c1-3-13-11-9(1)10(2-4-14-11)15-7-5-12-6-8-15;;/h1-4,12H,5-8H2,(H,13,14);2*1H. The van der Waals surface area contributed by atoms with Gasteiger partial charge in [0, 0.05) is 49.6 Å². The minimum Gasteiger partial charge on any atom is -0.368 e. The van der Waals surface area contributed by atoms with Crippen molar-refractivity contribution in [1.29, 1.82) is 0 Å². The van der Waals surface area contributed by atoms with Crippen LogP contribution in [-0.2, 0) is 0 Å². The predicted molar refractivity (Wildman–Crippen MR) is 75.7 cm³/mol. The number of hydrogen-bond donors (Lipinski definition) is 2. The van der Waals surface area contributed by atoms with Crippen LogP contribution in [0.5, 0.6) is 0 Å². The SMILES string of the molecule is Cl.Cl.c1cc(N2CCNCC2)c2cc[nH]c2n1. The molecule has 0 spiro atoms. The van der Waals surface area contributed by atoms with Gasteiger partial charge in [-0.05, 0) is 12.1 Å². The van der Waals surface area contributed by atoms with Gasteiger partial charge in [-0.1, -0.05) is 0 Å². The van der Waals surface area contributed by atoms with E-state index in [0.717, 1.165) is 31.8 Å². The summed E-state index contributed by atoms with van der Waals surface area (Å²) in [7, 11) is 0. The Kier molecular flexibility index (Phi) is 5.05. The quantitative estimate of drug-likeness (QED) is 0.834. The molecule has 2 aromatic heterocycles. The number of aromatic amines is 1. The first-order valence-electron chi connectivity index (χ1n) is 5.33. The summed E-state index contributed by atoms with van der Waals surface area (Å²) in [6, 6.07) is 4.20. The van der Waals surface area contributed by atoms with Gasteiger partial charge in [0.05, 0.1) is 0 Å². The highest BCUT2D eigenvalue weighted by molar-refractivity contribution is 5.89. The van der Waals surface area contributed by atoms with E-state index in [1.54, 1.807) is 0 Å². The zero-order valence-electron chi connectivity index (χ0n) is 9.35. The number of nitrogens with zero attached hydrogens (tertiary/aromatic N) is 2. The number of H-pyrrole nitrogens is 1. The minimum atomic E-state index is 0. The maximum atomic E-state index is 4.30. The second-order valence-corrected chi connectivity index (χ2v) is 3.81. The molecule has 0 radical (unpaired) electrons. The third kappa shape index (κ3) is 2.65. The largest absolute Gasteiger partial charge is 0.368 e. The molecule has 4 nitrogen and oxygen atoms in total. The smallest absolute Gasteiger partial charge is 0.139 e. The summed E-state index contributed by atoms with van der Waals surface area (Å²) >= 11 is 0.